The Morgan fingerprint density at radius 1 is 1.04 bits per heavy atom. The second-order valence-corrected chi connectivity index (χ2v) is 20.2. The molecule has 25 heavy (non-hydrogen) atoms. The van der Waals surface area contributed by atoms with Crippen LogP contribution >= 0.6 is 0 Å². The smallest absolute Gasteiger partial charge is 0.326 e. The summed E-state index contributed by atoms with van der Waals surface area (Å²) >= 11 is 0. The molecule has 1 heterocycles. The van der Waals surface area contributed by atoms with E-state index in [1.165, 1.54) is 0 Å². The maximum absolute atomic E-state index is 12.0. The molecule has 2 atom stereocenters. The van der Waals surface area contributed by atoms with Crippen LogP contribution < -0.4 is 0 Å². The van der Waals surface area contributed by atoms with Gasteiger partial charge in [0.25, 0.3) is 0 Å². The van der Waals surface area contributed by atoms with Crippen molar-refractivity contribution in [1.82, 2.24) is 5.06 Å². The highest BCUT2D eigenvalue weighted by Crippen LogP contribution is 2.43. The van der Waals surface area contributed by atoms with E-state index in [2.05, 4.69) is 67.7 Å². The molecule has 0 bridgehead atoms. The summed E-state index contributed by atoms with van der Waals surface area (Å²) < 4.78 is 12.9. The molecule has 148 valence electrons. The van der Waals surface area contributed by atoms with Crippen LogP contribution in [0.4, 0.5) is 0 Å². The highest BCUT2D eigenvalue weighted by molar-refractivity contribution is 6.74. The van der Waals surface area contributed by atoms with Crippen LogP contribution in [0.3, 0.4) is 0 Å². The van der Waals surface area contributed by atoms with Gasteiger partial charge in [-0.1, -0.05) is 41.5 Å². The monoisotopic (exact) mass is 389 g/mol. The van der Waals surface area contributed by atoms with Crippen LogP contribution in [0.5, 0.6) is 0 Å². The lowest BCUT2D eigenvalue weighted by molar-refractivity contribution is -0.174. The molecule has 1 N–H and O–H groups in total. The minimum absolute atomic E-state index is 0.0186. The van der Waals surface area contributed by atoms with Gasteiger partial charge in [-0.3, -0.25) is 4.79 Å². The normalized spacial score (nSPS) is 26.9. The van der Waals surface area contributed by atoms with Crippen molar-refractivity contribution in [3.8, 4) is 0 Å². The van der Waals surface area contributed by atoms with Gasteiger partial charge in [-0.2, -0.15) is 5.06 Å². The first-order valence-electron chi connectivity index (χ1n) is 9.21. The largest absolute Gasteiger partial charge is 0.480 e. The van der Waals surface area contributed by atoms with Crippen LogP contribution in [0.15, 0.2) is 0 Å². The first-order valence-corrected chi connectivity index (χ1v) is 15.0. The number of hydrogen-bond acceptors (Lipinski definition) is 4. The summed E-state index contributed by atoms with van der Waals surface area (Å²) in [5, 5.41) is 11.7. The van der Waals surface area contributed by atoms with Gasteiger partial charge in [0.05, 0.1) is 6.10 Å². The van der Waals surface area contributed by atoms with Gasteiger partial charge < -0.3 is 14.1 Å². The molecular weight excluding hydrogens is 350 g/mol. The van der Waals surface area contributed by atoms with Crippen molar-refractivity contribution < 1.29 is 18.9 Å². The number of aliphatic carboxylic acids is 1. The van der Waals surface area contributed by atoms with Gasteiger partial charge in [-0.15, -0.1) is 0 Å². The molecule has 0 aromatic heterocycles. The number of nitrogens with zero attached hydrogens (tertiary/aromatic N) is 1. The number of hydrogen-bond donors (Lipinski definition) is 1. The maximum Gasteiger partial charge on any atom is 0.326 e. The molecule has 1 fully saturated rings. The number of rotatable bonds is 5. The molecule has 0 spiro atoms. The van der Waals surface area contributed by atoms with Gasteiger partial charge in [-0.05, 0) is 43.2 Å². The fraction of sp³-hybridized carbons (Fsp3) is 0.944. The Kier molecular flexibility index (Phi) is 6.16. The standard InChI is InChI=1S/C18H39NO4Si2/c1-16(2,3)24(8,9)22-14-12-18(7,15(20)21)19(13-14)23-25(10,11)17(4,5)6/h14H,12-13H2,1-11H3,(H,20,21)/t14-,18+/m1/s1. The molecule has 0 unspecified atom stereocenters. The van der Waals surface area contributed by atoms with Crippen LogP contribution in [0.25, 0.3) is 0 Å². The van der Waals surface area contributed by atoms with E-state index in [-0.39, 0.29) is 16.2 Å². The van der Waals surface area contributed by atoms with E-state index in [9.17, 15) is 9.90 Å². The summed E-state index contributed by atoms with van der Waals surface area (Å²) in [4.78, 5) is 12.0. The van der Waals surface area contributed by atoms with Gasteiger partial charge in [0.15, 0.2) is 8.32 Å². The molecular formula is C18H39NO4Si2. The molecule has 0 aromatic rings. The fourth-order valence-electron chi connectivity index (χ4n) is 2.41. The number of hydroxylamine groups is 2. The molecule has 1 rings (SSSR count). The Hall–Kier alpha value is -0.216. The summed E-state index contributed by atoms with van der Waals surface area (Å²) in [7, 11) is -4.07. The lowest BCUT2D eigenvalue weighted by atomic mass is 10.00. The van der Waals surface area contributed by atoms with Crippen LogP contribution in [0.1, 0.15) is 54.9 Å². The van der Waals surface area contributed by atoms with E-state index in [0.717, 1.165) is 0 Å². The van der Waals surface area contributed by atoms with Crippen molar-refractivity contribution in [2.24, 2.45) is 0 Å². The number of carbonyl (C=O) groups is 1. The Balaban J connectivity index is 3.05. The van der Waals surface area contributed by atoms with E-state index in [1.807, 2.05) is 0 Å². The Morgan fingerprint density at radius 2 is 1.48 bits per heavy atom. The van der Waals surface area contributed by atoms with E-state index in [4.69, 9.17) is 8.95 Å². The minimum Gasteiger partial charge on any atom is -0.480 e. The lowest BCUT2D eigenvalue weighted by Crippen LogP contribution is -2.55. The van der Waals surface area contributed by atoms with Gasteiger partial charge >= 0.3 is 5.97 Å². The van der Waals surface area contributed by atoms with E-state index >= 15 is 0 Å². The van der Waals surface area contributed by atoms with Crippen molar-refractivity contribution >= 4 is 22.6 Å². The zero-order chi connectivity index (χ0) is 20.1. The third-order valence-corrected chi connectivity index (χ3v) is 15.2. The summed E-state index contributed by atoms with van der Waals surface area (Å²) in [6.45, 7) is 24.1. The number of carboxylic acids is 1. The summed E-state index contributed by atoms with van der Waals surface area (Å²) in [5.74, 6) is -0.840. The summed E-state index contributed by atoms with van der Waals surface area (Å²) in [5.41, 5.74) is -1.04. The van der Waals surface area contributed by atoms with Crippen molar-refractivity contribution in [3.63, 3.8) is 0 Å². The lowest BCUT2D eigenvalue weighted by Gasteiger charge is -2.42. The van der Waals surface area contributed by atoms with E-state index in [1.54, 1.807) is 12.0 Å². The third kappa shape index (κ3) is 4.74. The fourth-order valence-corrected chi connectivity index (χ4v) is 4.86. The van der Waals surface area contributed by atoms with Crippen LogP contribution in [0.2, 0.25) is 36.3 Å². The molecule has 0 saturated carbocycles. The predicted molar refractivity (Wildman–Crippen MR) is 108 cm³/mol. The second kappa shape index (κ2) is 6.74. The van der Waals surface area contributed by atoms with Crippen LogP contribution in [-0.2, 0) is 13.7 Å². The van der Waals surface area contributed by atoms with Crippen molar-refractivity contribution in [1.29, 1.82) is 0 Å². The third-order valence-electron chi connectivity index (χ3n) is 6.42. The highest BCUT2D eigenvalue weighted by atomic mass is 28.4. The van der Waals surface area contributed by atoms with Gasteiger partial charge in [0.1, 0.15) is 5.54 Å². The van der Waals surface area contributed by atoms with E-state index in [0.29, 0.717) is 13.0 Å². The second-order valence-electron chi connectivity index (χ2n) is 10.7. The first kappa shape index (κ1) is 22.8. The van der Waals surface area contributed by atoms with Crippen molar-refractivity contribution in [3.05, 3.63) is 0 Å². The minimum atomic E-state index is -2.11. The average Bonchev–Trinajstić information content (AvgIpc) is 2.62. The highest BCUT2D eigenvalue weighted by Gasteiger charge is 2.54. The topological polar surface area (TPSA) is 59.0 Å². The van der Waals surface area contributed by atoms with Crippen molar-refractivity contribution in [2.75, 3.05) is 6.54 Å². The molecule has 5 nitrogen and oxygen atoms in total. The Bertz CT molecular complexity index is 508. The quantitative estimate of drug-likeness (QED) is 0.680. The van der Waals surface area contributed by atoms with Gasteiger partial charge in [0, 0.05) is 13.0 Å². The van der Waals surface area contributed by atoms with Gasteiger partial charge in [0.2, 0.25) is 8.32 Å². The molecule has 1 saturated heterocycles. The maximum atomic E-state index is 12.0. The molecule has 1 aliphatic heterocycles. The molecule has 0 radical (unpaired) electrons. The SMILES string of the molecule is CC(C)(C)[Si](C)(C)O[C@H]1CN(O[Si](C)(C)C(C)(C)C)[C@](C)(C(=O)O)C1. The summed E-state index contributed by atoms with van der Waals surface area (Å²) in [6, 6.07) is 0. The Morgan fingerprint density at radius 3 is 1.84 bits per heavy atom. The van der Waals surface area contributed by atoms with Gasteiger partial charge in [-0.25, -0.2) is 0 Å². The zero-order valence-corrected chi connectivity index (χ0v) is 20.1. The molecule has 0 aliphatic carbocycles. The predicted octanol–water partition coefficient (Wildman–Crippen LogP) is 4.86. The van der Waals surface area contributed by atoms with Crippen LogP contribution in [0, 0.1) is 0 Å². The van der Waals surface area contributed by atoms with Crippen molar-refractivity contribution in [2.45, 2.75) is 103 Å². The molecule has 0 aromatic carbocycles. The van der Waals surface area contributed by atoms with E-state index < -0.39 is 28.1 Å². The first-order chi connectivity index (χ1) is 10.8. The number of carboxylic acid groups (broad SMARTS) is 1. The summed E-state index contributed by atoms with van der Waals surface area (Å²) in [6.07, 6.45) is 0.357. The molecule has 1 aliphatic rings. The van der Waals surface area contributed by atoms with Crippen LogP contribution in [-0.4, -0.2) is 51.0 Å². The molecule has 0 amide bonds. The average molecular weight is 390 g/mol. The zero-order valence-electron chi connectivity index (χ0n) is 18.1. The molecule has 7 heteroatoms. The Labute approximate surface area is 156 Å².